The molecule has 3 amide bonds. The molecule has 2 N–H and O–H groups in total. The van der Waals surface area contributed by atoms with Gasteiger partial charge < -0.3 is 30.1 Å². The number of fused-ring (bicyclic) bond motifs is 2. The van der Waals surface area contributed by atoms with E-state index in [4.69, 9.17) is 19.7 Å². The van der Waals surface area contributed by atoms with Crippen molar-refractivity contribution in [1.29, 1.82) is 0 Å². The highest BCUT2D eigenvalue weighted by molar-refractivity contribution is 6.00. The second-order valence-corrected chi connectivity index (χ2v) is 13.9. The number of benzene rings is 2. The quantitative estimate of drug-likeness (QED) is 0.359. The van der Waals surface area contributed by atoms with Crippen LogP contribution < -0.4 is 20.4 Å². The van der Waals surface area contributed by atoms with E-state index in [0.717, 1.165) is 69.3 Å². The minimum Gasteiger partial charge on any atom is -0.377 e. The number of hydrogen-bond donors (Lipinski definition) is 2. The molecule has 0 aliphatic carbocycles. The van der Waals surface area contributed by atoms with Gasteiger partial charge in [-0.1, -0.05) is 0 Å². The van der Waals surface area contributed by atoms with Gasteiger partial charge in [-0.05, 0) is 102 Å². The van der Waals surface area contributed by atoms with Crippen molar-refractivity contribution in [1.82, 2.24) is 24.8 Å². The normalized spacial score (nSPS) is 24.3. The van der Waals surface area contributed by atoms with Gasteiger partial charge >= 0.3 is 6.03 Å². The Labute approximate surface area is 282 Å². The molecule has 12 heteroatoms. The van der Waals surface area contributed by atoms with E-state index >= 15 is 0 Å². The highest BCUT2D eigenvalue weighted by atomic mass is 16.5. The molecule has 0 saturated carbocycles. The molecule has 1 aromatic heterocycles. The van der Waals surface area contributed by atoms with Crippen molar-refractivity contribution in [2.45, 2.75) is 83.6 Å². The molecule has 4 aliphatic heterocycles. The minimum absolute atomic E-state index is 0.0219. The lowest BCUT2D eigenvalue weighted by molar-refractivity contribution is 0.0595. The van der Waals surface area contributed by atoms with Crippen LogP contribution in [0.2, 0.25) is 0 Å². The van der Waals surface area contributed by atoms with Gasteiger partial charge in [-0.2, -0.15) is 15.0 Å². The number of rotatable bonds is 7. The summed E-state index contributed by atoms with van der Waals surface area (Å²) in [6.07, 6.45) is 4.39. The van der Waals surface area contributed by atoms with Crippen LogP contribution in [0, 0.1) is 0 Å². The number of carbonyl (C=O) groups is 2. The number of amides is 3. The Morgan fingerprint density at radius 2 is 1.27 bits per heavy atom. The summed E-state index contributed by atoms with van der Waals surface area (Å²) in [5.74, 6) is 2.09. The van der Waals surface area contributed by atoms with Gasteiger partial charge in [-0.15, -0.1) is 0 Å². The van der Waals surface area contributed by atoms with Crippen molar-refractivity contribution in [3.05, 3.63) is 54.1 Å². The third-order valence-corrected chi connectivity index (χ3v) is 10.4. The van der Waals surface area contributed by atoms with Crippen molar-refractivity contribution in [2.24, 2.45) is 0 Å². The number of anilines is 4. The monoisotopic (exact) mass is 653 g/mol. The maximum absolute atomic E-state index is 13.0. The Hall–Kier alpha value is -4.29. The predicted molar refractivity (Wildman–Crippen MR) is 188 cm³/mol. The van der Waals surface area contributed by atoms with Crippen LogP contribution in [0.15, 0.2) is 48.5 Å². The molecule has 5 heterocycles. The molecule has 0 spiro atoms. The SMILES string of the molecule is CC(C)N1CCN(C(=O)c2ccc(NC(=O)Nc3ccc(-c4nc(N5C6CCC5COC6)nc(N5[C@H](C)CC[C@@H]5C)n4)cc3)cc2)CC1. The van der Waals surface area contributed by atoms with E-state index in [1.807, 2.05) is 29.2 Å². The molecule has 4 aliphatic rings. The Morgan fingerprint density at radius 3 is 1.83 bits per heavy atom. The molecule has 48 heavy (non-hydrogen) atoms. The van der Waals surface area contributed by atoms with Crippen LogP contribution in [-0.2, 0) is 4.74 Å². The third-order valence-electron chi connectivity index (χ3n) is 10.4. The largest absolute Gasteiger partial charge is 0.377 e. The van der Waals surface area contributed by atoms with Crippen LogP contribution in [0.5, 0.6) is 0 Å². The first-order chi connectivity index (χ1) is 23.2. The smallest absolute Gasteiger partial charge is 0.323 e. The predicted octanol–water partition coefficient (Wildman–Crippen LogP) is 5.09. The average Bonchev–Trinajstić information content (AvgIpc) is 3.57. The highest BCUT2D eigenvalue weighted by Gasteiger charge is 2.40. The summed E-state index contributed by atoms with van der Waals surface area (Å²) < 4.78 is 5.84. The second-order valence-electron chi connectivity index (χ2n) is 13.9. The first-order valence-electron chi connectivity index (χ1n) is 17.5. The van der Waals surface area contributed by atoms with Gasteiger partial charge in [0.1, 0.15) is 0 Å². The lowest BCUT2D eigenvalue weighted by Gasteiger charge is -2.37. The molecule has 7 rings (SSSR count). The maximum atomic E-state index is 13.0. The Kier molecular flexibility index (Phi) is 9.19. The van der Waals surface area contributed by atoms with Crippen molar-refractivity contribution >= 4 is 35.2 Å². The molecule has 2 aromatic carbocycles. The third kappa shape index (κ3) is 6.68. The minimum atomic E-state index is -0.365. The molecule has 4 atom stereocenters. The number of urea groups is 1. The van der Waals surface area contributed by atoms with Gasteiger partial charge in [0.05, 0.1) is 25.3 Å². The van der Waals surface area contributed by atoms with E-state index in [0.29, 0.717) is 54.1 Å². The summed E-state index contributed by atoms with van der Waals surface area (Å²) in [5, 5.41) is 5.78. The van der Waals surface area contributed by atoms with Gasteiger partial charge in [0.25, 0.3) is 5.91 Å². The van der Waals surface area contributed by atoms with Gasteiger partial charge in [-0.25, -0.2) is 4.79 Å². The number of ether oxygens (including phenoxy) is 1. The summed E-state index contributed by atoms with van der Waals surface area (Å²) in [6.45, 7) is 13.4. The van der Waals surface area contributed by atoms with Crippen LogP contribution >= 0.6 is 0 Å². The molecule has 2 unspecified atom stereocenters. The van der Waals surface area contributed by atoms with Crippen LogP contribution in [0.4, 0.5) is 28.1 Å². The molecule has 2 bridgehead atoms. The van der Waals surface area contributed by atoms with Gasteiger partial charge in [-0.3, -0.25) is 9.69 Å². The van der Waals surface area contributed by atoms with E-state index in [1.165, 1.54) is 0 Å². The van der Waals surface area contributed by atoms with Crippen molar-refractivity contribution in [2.75, 3.05) is 59.8 Å². The molecule has 4 fully saturated rings. The number of piperazine rings is 1. The molecular formula is C36H47N9O3. The molecule has 4 saturated heterocycles. The summed E-state index contributed by atoms with van der Waals surface area (Å²) in [5.41, 5.74) is 2.73. The zero-order valence-corrected chi connectivity index (χ0v) is 28.4. The van der Waals surface area contributed by atoms with E-state index in [1.54, 1.807) is 24.3 Å². The molecule has 12 nitrogen and oxygen atoms in total. The zero-order chi connectivity index (χ0) is 33.4. The lowest BCUT2D eigenvalue weighted by Crippen LogP contribution is -2.50. The molecular weight excluding hydrogens is 606 g/mol. The second kappa shape index (κ2) is 13.7. The Balaban J connectivity index is 1.01. The Bertz CT molecular complexity index is 1580. The van der Waals surface area contributed by atoms with Crippen molar-refractivity contribution < 1.29 is 14.3 Å². The standard InChI is InChI=1S/C36H47N9O3/c1-23(2)42-17-19-43(20-18-42)33(46)27-9-13-29(14-10-27)38-36(47)37-28-11-7-26(8-12-28)32-39-34(44-24(3)5-6-25(44)4)41-35(40-32)45-30-15-16-31(45)22-48-21-30/h7-14,23-25,30-31H,5-6,15-22H2,1-4H3,(H2,37,38,47)/t24-,25+,30?,31?. The van der Waals surface area contributed by atoms with Crippen LogP contribution in [0.1, 0.15) is 63.7 Å². The van der Waals surface area contributed by atoms with Crippen molar-refractivity contribution in [3.63, 3.8) is 0 Å². The first kappa shape index (κ1) is 32.3. The number of morpholine rings is 1. The fourth-order valence-electron chi connectivity index (χ4n) is 7.57. The lowest BCUT2D eigenvalue weighted by atomic mass is 10.1. The zero-order valence-electron chi connectivity index (χ0n) is 28.4. The maximum Gasteiger partial charge on any atom is 0.323 e. The number of carbonyl (C=O) groups excluding carboxylic acids is 2. The summed E-state index contributed by atoms with van der Waals surface area (Å²) >= 11 is 0. The van der Waals surface area contributed by atoms with E-state index in [9.17, 15) is 9.59 Å². The van der Waals surface area contributed by atoms with Gasteiger partial charge in [0, 0.05) is 66.8 Å². The summed E-state index contributed by atoms with van der Waals surface area (Å²) in [6, 6.07) is 16.1. The molecule has 254 valence electrons. The summed E-state index contributed by atoms with van der Waals surface area (Å²) in [4.78, 5) is 49.8. The van der Waals surface area contributed by atoms with Gasteiger partial charge in [0.15, 0.2) is 5.82 Å². The topological polar surface area (TPSA) is 119 Å². The van der Waals surface area contributed by atoms with Crippen LogP contribution in [-0.4, -0.2) is 106 Å². The van der Waals surface area contributed by atoms with E-state index < -0.39 is 0 Å². The van der Waals surface area contributed by atoms with Crippen LogP contribution in [0.3, 0.4) is 0 Å². The van der Waals surface area contributed by atoms with E-state index in [2.05, 4.69) is 53.0 Å². The average molecular weight is 654 g/mol. The highest BCUT2D eigenvalue weighted by Crippen LogP contribution is 2.35. The first-order valence-corrected chi connectivity index (χ1v) is 17.5. The Morgan fingerprint density at radius 1 is 0.729 bits per heavy atom. The van der Waals surface area contributed by atoms with Gasteiger partial charge in [0.2, 0.25) is 11.9 Å². The van der Waals surface area contributed by atoms with E-state index in [-0.39, 0.29) is 24.0 Å². The molecule has 3 aromatic rings. The van der Waals surface area contributed by atoms with Crippen LogP contribution in [0.25, 0.3) is 11.4 Å². The number of nitrogens with one attached hydrogen (secondary N) is 2. The summed E-state index contributed by atoms with van der Waals surface area (Å²) in [7, 11) is 0. The fraction of sp³-hybridized carbons (Fsp3) is 0.528. The fourth-order valence-corrected chi connectivity index (χ4v) is 7.57. The number of hydrogen-bond acceptors (Lipinski definition) is 9. The van der Waals surface area contributed by atoms with Crippen molar-refractivity contribution in [3.8, 4) is 11.4 Å². The number of nitrogens with zero attached hydrogens (tertiary/aromatic N) is 7. The molecule has 0 radical (unpaired) electrons. The number of aromatic nitrogens is 3.